The van der Waals surface area contributed by atoms with Gasteiger partial charge in [0.1, 0.15) is 11.5 Å². The van der Waals surface area contributed by atoms with Crippen molar-refractivity contribution in [2.75, 3.05) is 0 Å². The molecule has 8 nitrogen and oxygen atoms in total. The van der Waals surface area contributed by atoms with E-state index in [1.807, 2.05) is 0 Å². The van der Waals surface area contributed by atoms with Crippen molar-refractivity contribution in [1.82, 2.24) is 0 Å². The van der Waals surface area contributed by atoms with Crippen molar-refractivity contribution >= 4 is 35.1 Å². The fraction of sp³-hybridized carbons (Fsp3) is 0.375. The molecule has 25 heavy (non-hydrogen) atoms. The van der Waals surface area contributed by atoms with Gasteiger partial charge < -0.3 is 9.47 Å². The Morgan fingerprint density at radius 3 is 1.32 bits per heavy atom. The van der Waals surface area contributed by atoms with Crippen LogP contribution >= 0.6 is 0 Å². The largest absolute Gasteiger partial charge is 0.430 e. The summed E-state index contributed by atoms with van der Waals surface area (Å²) in [6.07, 6.45) is 2.62. The van der Waals surface area contributed by atoms with E-state index in [2.05, 4.69) is 0 Å². The van der Waals surface area contributed by atoms with E-state index in [-0.39, 0.29) is 50.8 Å². The number of esters is 2. The zero-order valence-corrected chi connectivity index (χ0v) is 19.9. The molecule has 0 aromatic carbocycles. The van der Waals surface area contributed by atoms with Gasteiger partial charge in [0.25, 0.3) is 11.8 Å². The van der Waals surface area contributed by atoms with Gasteiger partial charge in [-0.25, -0.2) is 9.59 Å². The van der Waals surface area contributed by atoms with Crippen LogP contribution in [-0.2, 0) is 46.7 Å². The van der Waals surface area contributed by atoms with Crippen molar-refractivity contribution in [1.29, 1.82) is 0 Å². The second kappa shape index (κ2) is 9.50. The normalized spacial score (nSPS) is 22.2. The standard InChI is InChI=1S/2C8H8O4.Hg/c2*1-4-3-6(10)7(5(2)9)8(11)12-4;/h2*3,7H,1-2H3;/p+4. The van der Waals surface area contributed by atoms with E-state index in [9.17, 15) is 19.2 Å². The van der Waals surface area contributed by atoms with E-state index in [1.165, 1.54) is 26.0 Å². The molecule has 0 spiro atoms. The number of hydrogen-bond acceptors (Lipinski definition) is 4. The van der Waals surface area contributed by atoms with Crippen molar-refractivity contribution in [2.24, 2.45) is 11.8 Å². The third-order valence-electron chi connectivity index (χ3n) is 3.12. The molecule has 130 valence electrons. The van der Waals surface area contributed by atoms with Crippen molar-refractivity contribution in [3.8, 4) is 0 Å². The van der Waals surface area contributed by atoms with E-state index in [4.69, 9.17) is 19.1 Å². The molecule has 2 aliphatic rings. The summed E-state index contributed by atoms with van der Waals surface area (Å²) in [5.74, 6) is -3.36. The molecular formula is C16H20HgO8+4. The molecule has 0 fully saturated rings. The minimum Gasteiger partial charge on any atom is -0.430 e. The molecule has 0 aromatic rings. The van der Waals surface area contributed by atoms with Gasteiger partial charge in [-0.15, -0.1) is 0 Å². The first-order chi connectivity index (χ1) is 11.0. The van der Waals surface area contributed by atoms with Crippen LogP contribution in [0.15, 0.2) is 23.7 Å². The number of carbonyl (C=O) groups is 2. The molecule has 0 saturated carbocycles. The summed E-state index contributed by atoms with van der Waals surface area (Å²) in [5.41, 5.74) is 0. The first kappa shape index (κ1) is 23.0. The SMILES string of the molecule is CC(=[OH+])C1C(=O)OC(C)=CC1=[OH+].CC(=[OH+])C1C(=O)OC(C)=CC1=[OH+].[Hg]. The third kappa shape index (κ3) is 6.11. The molecule has 2 heterocycles. The number of carbonyl (C=O) groups excluding carboxylic acids is 6. The monoisotopic (exact) mass is 542 g/mol. The topological polar surface area (TPSA) is 138 Å². The van der Waals surface area contributed by atoms with Gasteiger partial charge in [0.05, 0.1) is 12.2 Å². The van der Waals surface area contributed by atoms with Gasteiger partial charge >= 0.3 is 35.1 Å². The van der Waals surface area contributed by atoms with Gasteiger partial charge in [-0.1, -0.05) is 0 Å². The molecule has 9 heteroatoms. The molecule has 0 radical (unpaired) electrons. The fourth-order valence-electron chi connectivity index (χ4n) is 2.09. The second-order valence-corrected chi connectivity index (χ2v) is 5.35. The Morgan fingerprint density at radius 1 is 0.840 bits per heavy atom. The maximum Gasteiger partial charge on any atom is 0.347 e. The van der Waals surface area contributed by atoms with Crippen LogP contribution in [0.5, 0.6) is 0 Å². The van der Waals surface area contributed by atoms with Gasteiger partial charge in [-0.3, -0.25) is 19.2 Å². The number of hydrogen-bond donors (Lipinski definition) is 0. The van der Waals surface area contributed by atoms with E-state index in [0.29, 0.717) is 11.5 Å². The maximum absolute atomic E-state index is 11.0. The van der Waals surface area contributed by atoms with Crippen molar-refractivity contribution in [3.05, 3.63) is 23.7 Å². The predicted octanol–water partition coefficient (Wildman–Crippen LogP) is 0.343. The maximum atomic E-state index is 11.0. The Bertz CT molecular complexity index is 641. The van der Waals surface area contributed by atoms with Crippen LogP contribution in [0, 0.1) is 11.8 Å². The Kier molecular flexibility index (Phi) is 8.75. The van der Waals surface area contributed by atoms with Crippen LogP contribution < -0.4 is 0 Å². The van der Waals surface area contributed by atoms with Crippen LogP contribution in [0.3, 0.4) is 0 Å². The third-order valence-corrected chi connectivity index (χ3v) is 3.12. The molecule has 2 unspecified atom stereocenters. The van der Waals surface area contributed by atoms with Gasteiger partial charge in [0.15, 0.2) is 0 Å². The number of allylic oxidation sites excluding steroid dienone is 4. The van der Waals surface area contributed by atoms with Crippen LogP contribution in [0.25, 0.3) is 0 Å². The Morgan fingerprint density at radius 2 is 1.12 bits per heavy atom. The first-order valence-corrected chi connectivity index (χ1v) is 7.01. The summed E-state index contributed by atoms with van der Waals surface area (Å²) in [4.78, 5) is 58.6. The molecule has 0 aliphatic carbocycles. The minimum atomic E-state index is -1.02. The van der Waals surface area contributed by atoms with Gasteiger partial charge in [-0.2, -0.15) is 0 Å². The first-order valence-electron chi connectivity index (χ1n) is 7.01. The fourth-order valence-corrected chi connectivity index (χ4v) is 2.09. The molecule has 2 rings (SSSR count). The summed E-state index contributed by atoms with van der Waals surface area (Å²) in [5, 5.41) is 0. The van der Waals surface area contributed by atoms with Gasteiger partial charge in [0, 0.05) is 41.5 Å². The Labute approximate surface area is 164 Å². The van der Waals surface area contributed by atoms with E-state index < -0.39 is 23.8 Å². The molecule has 0 amide bonds. The summed E-state index contributed by atoms with van der Waals surface area (Å²) < 4.78 is 9.38. The molecule has 0 saturated heterocycles. The number of ether oxygens (including phenoxy) is 2. The molecule has 2 aliphatic heterocycles. The Balaban J connectivity index is 0.000000443. The second-order valence-electron chi connectivity index (χ2n) is 5.35. The summed E-state index contributed by atoms with van der Waals surface area (Å²) >= 11 is 0. The van der Waals surface area contributed by atoms with Crippen LogP contribution in [0.1, 0.15) is 27.7 Å². The van der Waals surface area contributed by atoms with E-state index in [0.717, 1.165) is 0 Å². The van der Waals surface area contributed by atoms with Crippen LogP contribution in [0.2, 0.25) is 0 Å². The van der Waals surface area contributed by atoms with Crippen LogP contribution in [-0.4, -0.2) is 54.2 Å². The van der Waals surface area contributed by atoms with Gasteiger partial charge in [-0.05, 0) is 13.8 Å². The summed E-state index contributed by atoms with van der Waals surface area (Å²) in [7, 11) is 0. The number of ketones is 4. The van der Waals surface area contributed by atoms with Crippen LogP contribution in [0.4, 0.5) is 0 Å². The van der Waals surface area contributed by atoms with E-state index in [1.54, 1.807) is 13.8 Å². The zero-order valence-electron chi connectivity index (χ0n) is 14.4. The summed E-state index contributed by atoms with van der Waals surface area (Å²) in [6.45, 7) is 5.79. The van der Waals surface area contributed by atoms with Crippen molar-refractivity contribution < 1.29 is 65.9 Å². The molecular weight excluding hydrogens is 521 g/mol. The van der Waals surface area contributed by atoms with Crippen molar-refractivity contribution in [3.63, 3.8) is 0 Å². The van der Waals surface area contributed by atoms with Gasteiger partial charge in [0.2, 0.25) is 0 Å². The quantitative estimate of drug-likeness (QED) is 0.216. The Hall–Kier alpha value is -1.96. The van der Waals surface area contributed by atoms with Crippen molar-refractivity contribution in [2.45, 2.75) is 27.7 Å². The minimum absolute atomic E-state index is 0. The molecule has 0 aromatic heterocycles. The number of cyclic esters (lactones) is 2. The van der Waals surface area contributed by atoms with E-state index >= 15 is 0 Å². The average molecular weight is 541 g/mol. The molecule has 2 atom stereocenters. The zero-order chi connectivity index (χ0) is 18.6. The average Bonchev–Trinajstić information content (AvgIpc) is 2.35. The number of rotatable bonds is 2. The molecule has 4 N–H and O–H groups in total. The summed E-state index contributed by atoms with van der Waals surface area (Å²) in [6, 6.07) is 0. The smallest absolute Gasteiger partial charge is 0.347 e. The molecule has 0 bridgehead atoms. The predicted molar refractivity (Wildman–Crippen MR) is 85.8 cm³/mol.